The van der Waals surface area contributed by atoms with Crippen LogP contribution in [0.1, 0.15) is 0 Å². The first-order valence-electron chi connectivity index (χ1n) is 6.85. The van der Waals surface area contributed by atoms with E-state index in [1.807, 2.05) is 0 Å². The summed E-state index contributed by atoms with van der Waals surface area (Å²) in [6.45, 7) is 4.50. The Labute approximate surface area is 160 Å². The average Bonchev–Trinajstić information content (AvgIpc) is 2.67. The van der Waals surface area contributed by atoms with Crippen LogP contribution < -0.4 is 15.9 Å². The van der Waals surface area contributed by atoms with Crippen LogP contribution in [-0.4, -0.2) is 0 Å². The second-order valence-corrected chi connectivity index (χ2v) is 9.89. The van der Waals surface area contributed by atoms with Gasteiger partial charge in [-0.3, -0.25) is 0 Å². The van der Waals surface area contributed by atoms with Crippen molar-refractivity contribution in [1.82, 2.24) is 0 Å². The number of hydrogen-bond acceptors (Lipinski definition) is 0. The SMILES string of the molecule is [C-]#[O+].[Cl][Pt][Cl].c1ccc(P(c2ccccc2)c2ccccc2)cc1. The van der Waals surface area contributed by atoms with Crippen LogP contribution >= 0.6 is 26.8 Å². The molecule has 0 spiro atoms. The second kappa shape index (κ2) is 13.4. The van der Waals surface area contributed by atoms with Crippen LogP contribution in [0, 0.1) is 6.65 Å². The van der Waals surface area contributed by atoms with Crippen molar-refractivity contribution in [1.29, 1.82) is 0 Å². The topological polar surface area (TPSA) is 19.9 Å². The third kappa shape index (κ3) is 6.92. The van der Waals surface area contributed by atoms with E-state index < -0.39 is 24.4 Å². The smallest absolute Gasteiger partial charge is 0.0134 e. The van der Waals surface area contributed by atoms with Gasteiger partial charge in [0.25, 0.3) is 0 Å². The molecule has 0 bridgehead atoms. The van der Waals surface area contributed by atoms with Crippen molar-refractivity contribution in [2.45, 2.75) is 0 Å². The van der Waals surface area contributed by atoms with Gasteiger partial charge in [0, 0.05) is 0 Å². The second-order valence-electron chi connectivity index (χ2n) is 4.39. The van der Waals surface area contributed by atoms with Crippen LogP contribution in [0.15, 0.2) is 91.0 Å². The quantitative estimate of drug-likeness (QED) is 0.252. The molecule has 0 N–H and O–H groups in total. The predicted octanol–water partition coefficient (Wildman–Crippen LogP) is 4.78. The normalized spacial score (nSPS) is 9.38. The monoisotopic (exact) mass is 555 g/mol. The molecule has 0 aliphatic heterocycles. The van der Waals surface area contributed by atoms with Crippen LogP contribution in [0.2, 0.25) is 0 Å². The van der Waals surface area contributed by atoms with Gasteiger partial charge in [-0.1, -0.05) is 91.0 Å². The Bertz CT molecular complexity index is 600. The third-order valence-electron chi connectivity index (χ3n) is 3.04. The minimum Gasteiger partial charge on any atom is -0.0622 e. The van der Waals surface area contributed by atoms with E-state index in [4.69, 9.17) is 23.5 Å². The minimum absolute atomic E-state index is 0.446. The fraction of sp³-hybridized carbons (Fsp3) is 0. The van der Waals surface area contributed by atoms with E-state index in [0.717, 1.165) is 0 Å². The minimum atomic E-state index is -0.472. The van der Waals surface area contributed by atoms with Crippen LogP contribution in [0.3, 0.4) is 0 Å². The molecule has 0 aliphatic rings. The van der Waals surface area contributed by atoms with Crippen LogP contribution in [-0.2, 0) is 21.1 Å². The van der Waals surface area contributed by atoms with E-state index in [1.165, 1.54) is 15.9 Å². The molecule has 126 valence electrons. The molecule has 0 heterocycles. The Hall–Kier alpha value is -0.902. The number of benzene rings is 3. The van der Waals surface area contributed by atoms with Gasteiger partial charge in [-0.05, 0) is 23.8 Å². The molecule has 0 unspecified atom stereocenters. The largest absolute Gasteiger partial charge is 0.0622 e. The first-order chi connectivity index (χ1) is 11.9. The van der Waals surface area contributed by atoms with Crippen LogP contribution in [0.25, 0.3) is 0 Å². The summed E-state index contributed by atoms with van der Waals surface area (Å²) in [6, 6.07) is 32.3. The Morgan fingerprint density at radius 2 is 0.792 bits per heavy atom. The van der Waals surface area contributed by atoms with E-state index in [0.29, 0.717) is 0 Å². The zero-order chi connectivity index (χ0) is 17.6. The van der Waals surface area contributed by atoms with Gasteiger partial charge in [0.2, 0.25) is 0 Å². The van der Waals surface area contributed by atoms with Gasteiger partial charge in [-0.2, -0.15) is 0 Å². The first kappa shape index (κ1) is 21.1. The van der Waals surface area contributed by atoms with E-state index in [1.54, 1.807) is 0 Å². The molecule has 3 rings (SSSR count). The fourth-order valence-corrected chi connectivity index (χ4v) is 4.48. The van der Waals surface area contributed by atoms with E-state index in [-0.39, 0.29) is 0 Å². The summed E-state index contributed by atoms with van der Waals surface area (Å²) in [5.41, 5.74) is 0. The van der Waals surface area contributed by atoms with Crippen molar-refractivity contribution in [3.05, 3.63) is 97.6 Å². The molecular formula is C19H15Cl2OPPt. The van der Waals surface area contributed by atoms with Gasteiger partial charge in [-0.25, -0.2) is 0 Å². The van der Waals surface area contributed by atoms with Gasteiger partial charge in [0.05, 0.1) is 0 Å². The molecule has 1 nitrogen and oxygen atoms in total. The van der Waals surface area contributed by atoms with Crippen molar-refractivity contribution >= 4 is 42.7 Å². The Kier molecular flexibility index (Phi) is 11.8. The maximum atomic E-state index is 7.50. The summed E-state index contributed by atoms with van der Waals surface area (Å²) in [4.78, 5) is 0. The average molecular weight is 556 g/mol. The maximum absolute atomic E-state index is 7.50. The van der Waals surface area contributed by atoms with Gasteiger partial charge in [0.1, 0.15) is 0 Å². The zero-order valence-electron chi connectivity index (χ0n) is 12.6. The van der Waals surface area contributed by atoms with Crippen molar-refractivity contribution in [2.24, 2.45) is 0 Å². The number of rotatable bonds is 3. The maximum Gasteiger partial charge on any atom is -0.0134 e. The summed E-state index contributed by atoms with van der Waals surface area (Å²) in [6.07, 6.45) is 0. The molecule has 0 fully saturated rings. The molecule has 5 heteroatoms. The van der Waals surface area contributed by atoms with E-state index in [9.17, 15) is 0 Å². The molecule has 0 saturated heterocycles. The van der Waals surface area contributed by atoms with Gasteiger partial charge in [0.15, 0.2) is 0 Å². The van der Waals surface area contributed by atoms with Gasteiger partial charge < -0.3 is 0 Å². The van der Waals surface area contributed by atoms with Gasteiger partial charge >= 0.3 is 46.6 Å². The molecule has 0 atom stereocenters. The summed E-state index contributed by atoms with van der Waals surface area (Å²) < 4.78 is 7.50. The summed E-state index contributed by atoms with van der Waals surface area (Å²) in [5.74, 6) is 0. The van der Waals surface area contributed by atoms with E-state index in [2.05, 4.69) is 97.6 Å². The van der Waals surface area contributed by atoms with Crippen molar-refractivity contribution in [2.75, 3.05) is 0 Å². The molecule has 0 aromatic heterocycles. The summed E-state index contributed by atoms with van der Waals surface area (Å²) >= 11 is -0.472. The molecule has 24 heavy (non-hydrogen) atoms. The molecule has 3 aromatic carbocycles. The predicted molar refractivity (Wildman–Crippen MR) is 101 cm³/mol. The van der Waals surface area contributed by atoms with Crippen molar-refractivity contribution in [3.63, 3.8) is 0 Å². The van der Waals surface area contributed by atoms with Crippen LogP contribution in [0.4, 0.5) is 0 Å². The van der Waals surface area contributed by atoms with Gasteiger partial charge in [-0.15, -0.1) is 0 Å². The molecule has 0 saturated carbocycles. The zero-order valence-corrected chi connectivity index (χ0v) is 17.3. The Morgan fingerprint density at radius 1 is 0.583 bits per heavy atom. The Balaban J connectivity index is 0.000000521. The number of halogens is 2. The Morgan fingerprint density at radius 3 is 1.00 bits per heavy atom. The van der Waals surface area contributed by atoms with E-state index >= 15 is 0 Å². The summed E-state index contributed by atoms with van der Waals surface area (Å²) in [7, 11) is 9.30. The molecule has 0 radical (unpaired) electrons. The number of hydrogen-bond donors (Lipinski definition) is 0. The molecule has 0 amide bonds. The third-order valence-corrected chi connectivity index (χ3v) is 5.49. The van der Waals surface area contributed by atoms with Crippen molar-refractivity contribution in [3.8, 4) is 0 Å². The first-order valence-corrected chi connectivity index (χ1v) is 13.8. The molecule has 0 aliphatic carbocycles. The summed E-state index contributed by atoms with van der Waals surface area (Å²) in [5, 5.41) is 4.19. The molecule has 3 aromatic rings. The van der Waals surface area contributed by atoms with Crippen LogP contribution in [0.5, 0.6) is 0 Å². The fourth-order valence-electron chi connectivity index (χ4n) is 2.18. The standard InChI is InChI=1S/C18H15P.CO.2ClH.Pt/c1-4-10-16(11-5-1)19(17-12-6-2-7-13-17)18-14-8-3-9-15-18;1-2;;;/h1-15H;;2*1H;/q;;;;+2/p-2. The molecular weight excluding hydrogens is 541 g/mol. The van der Waals surface area contributed by atoms with Crippen molar-refractivity contribution < 1.29 is 21.1 Å².